The van der Waals surface area contributed by atoms with Gasteiger partial charge in [0.25, 0.3) is 0 Å². The average Bonchev–Trinajstić information content (AvgIpc) is 2.34. The number of carbonyl (C=O) groups excluding carboxylic acids is 1. The Hall–Kier alpha value is -2.11. The minimum Gasteiger partial charge on any atom is -0.481 e. The lowest BCUT2D eigenvalue weighted by atomic mass is 10.1. The maximum atomic E-state index is 11.4. The van der Waals surface area contributed by atoms with Crippen molar-refractivity contribution < 1.29 is 14.7 Å². The summed E-state index contributed by atoms with van der Waals surface area (Å²) in [6.07, 6.45) is 1.70. The standard InChI is InChI=1S/C12H17N3O3/c1-9(6-11(16)17)7-14-12(18)15-8-10-4-2-3-5-13-10/h2-5,9H,6-8H2,1H3,(H,16,17)(H2,14,15,18). The molecule has 2 amide bonds. The second kappa shape index (κ2) is 7.26. The average molecular weight is 251 g/mol. The minimum absolute atomic E-state index is 0.0422. The largest absolute Gasteiger partial charge is 0.481 e. The molecule has 6 heteroatoms. The number of urea groups is 1. The van der Waals surface area contributed by atoms with Crippen LogP contribution in [-0.2, 0) is 11.3 Å². The summed E-state index contributed by atoms with van der Waals surface area (Å²) in [6, 6.07) is 5.14. The predicted octanol–water partition coefficient (Wildman–Crippen LogP) is 0.992. The molecule has 0 spiro atoms. The molecule has 1 unspecified atom stereocenters. The quantitative estimate of drug-likeness (QED) is 0.703. The molecular formula is C12H17N3O3. The topological polar surface area (TPSA) is 91.3 Å². The molecular weight excluding hydrogens is 234 g/mol. The van der Waals surface area contributed by atoms with E-state index in [9.17, 15) is 9.59 Å². The van der Waals surface area contributed by atoms with E-state index >= 15 is 0 Å². The van der Waals surface area contributed by atoms with Crippen LogP contribution in [0.4, 0.5) is 4.79 Å². The number of aromatic nitrogens is 1. The number of pyridine rings is 1. The summed E-state index contributed by atoms with van der Waals surface area (Å²) in [5.74, 6) is -0.957. The molecule has 1 rings (SSSR count). The van der Waals surface area contributed by atoms with E-state index in [1.54, 1.807) is 19.2 Å². The van der Waals surface area contributed by atoms with Crippen molar-refractivity contribution in [3.05, 3.63) is 30.1 Å². The maximum Gasteiger partial charge on any atom is 0.315 e. The first-order valence-corrected chi connectivity index (χ1v) is 5.71. The van der Waals surface area contributed by atoms with Gasteiger partial charge < -0.3 is 15.7 Å². The Kier molecular flexibility index (Phi) is 5.63. The Morgan fingerprint density at radius 2 is 2.17 bits per heavy atom. The van der Waals surface area contributed by atoms with Crippen LogP contribution in [0.3, 0.4) is 0 Å². The highest BCUT2D eigenvalue weighted by atomic mass is 16.4. The van der Waals surface area contributed by atoms with E-state index in [-0.39, 0.29) is 18.4 Å². The van der Waals surface area contributed by atoms with Gasteiger partial charge in [-0.05, 0) is 18.1 Å². The van der Waals surface area contributed by atoms with E-state index in [0.717, 1.165) is 5.69 Å². The van der Waals surface area contributed by atoms with Gasteiger partial charge >= 0.3 is 12.0 Å². The molecule has 6 nitrogen and oxygen atoms in total. The van der Waals surface area contributed by atoms with Crippen molar-refractivity contribution in [2.45, 2.75) is 19.9 Å². The van der Waals surface area contributed by atoms with Gasteiger partial charge in [-0.25, -0.2) is 4.79 Å². The monoisotopic (exact) mass is 251 g/mol. The number of hydrogen-bond donors (Lipinski definition) is 3. The number of carbonyl (C=O) groups is 2. The first-order valence-electron chi connectivity index (χ1n) is 5.71. The van der Waals surface area contributed by atoms with Crippen molar-refractivity contribution in [1.82, 2.24) is 15.6 Å². The number of aliphatic carboxylic acids is 1. The van der Waals surface area contributed by atoms with Gasteiger partial charge in [0.15, 0.2) is 0 Å². The molecule has 3 N–H and O–H groups in total. The molecule has 18 heavy (non-hydrogen) atoms. The minimum atomic E-state index is -0.863. The lowest BCUT2D eigenvalue weighted by molar-refractivity contribution is -0.137. The molecule has 0 bridgehead atoms. The molecule has 1 aromatic heterocycles. The molecule has 0 saturated carbocycles. The lowest BCUT2D eigenvalue weighted by Crippen LogP contribution is -2.37. The fourth-order valence-electron chi connectivity index (χ4n) is 1.37. The van der Waals surface area contributed by atoms with Gasteiger partial charge in [0, 0.05) is 19.2 Å². The highest BCUT2D eigenvalue weighted by molar-refractivity contribution is 5.73. The Bertz CT molecular complexity index is 395. The van der Waals surface area contributed by atoms with Crippen LogP contribution in [0.1, 0.15) is 19.0 Å². The number of carboxylic acid groups (broad SMARTS) is 1. The first-order chi connectivity index (χ1) is 8.58. The van der Waals surface area contributed by atoms with Crippen LogP contribution in [0.2, 0.25) is 0 Å². The molecule has 1 atom stereocenters. The van der Waals surface area contributed by atoms with Crippen LogP contribution < -0.4 is 10.6 Å². The van der Waals surface area contributed by atoms with Crippen molar-refractivity contribution in [2.24, 2.45) is 5.92 Å². The zero-order valence-electron chi connectivity index (χ0n) is 10.2. The molecule has 0 aromatic carbocycles. The van der Waals surface area contributed by atoms with Crippen molar-refractivity contribution >= 4 is 12.0 Å². The SMILES string of the molecule is CC(CNC(=O)NCc1ccccn1)CC(=O)O. The Morgan fingerprint density at radius 3 is 2.78 bits per heavy atom. The van der Waals surface area contributed by atoms with E-state index in [1.165, 1.54) is 0 Å². The van der Waals surface area contributed by atoms with Gasteiger partial charge in [0.05, 0.1) is 12.2 Å². The maximum absolute atomic E-state index is 11.4. The Balaban J connectivity index is 2.20. The molecule has 0 fully saturated rings. The van der Waals surface area contributed by atoms with Crippen molar-refractivity contribution in [2.75, 3.05) is 6.54 Å². The number of carboxylic acids is 1. The third-order valence-electron chi connectivity index (χ3n) is 2.29. The highest BCUT2D eigenvalue weighted by Crippen LogP contribution is 1.99. The number of nitrogens with zero attached hydrogens (tertiary/aromatic N) is 1. The summed E-state index contributed by atoms with van der Waals surface area (Å²) >= 11 is 0. The van der Waals surface area contributed by atoms with Gasteiger partial charge in [-0.2, -0.15) is 0 Å². The van der Waals surface area contributed by atoms with Crippen molar-refractivity contribution in [3.8, 4) is 0 Å². The number of amides is 2. The van der Waals surface area contributed by atoms with E-state index < -0.39 is 5.97 Å². The van der Waals surface area contributed by atoms with Gasteiger partial charge in [-0.1, -0.05) is 13.0 Å². The van der Waals surface area contributed by atoms with E-state index in [1.807, 2.05) is 12.1 Å². The first kappa shape index (κ1) is 14.0. The molecule has 98 valence electrons. The zero-order chi connectivity index (χ0) is 13.4. The molecule has 0 saturated heterocycles. The smallest absolute Gasteiger partial charge is 0.315 e. The van der Waals surface area contributed by atoms with E-state index in [0.29, 0.717) is 13.1 Å². The zero-order valence-corrected chi connectivity index (χ0v) is 10.2. The van der Waals surface area contributed by atoms with Crippen LogP contribution in [0.25, 0.3) is 0 Å². The molecule has 0 aliphatic rings. The summed E-state index contributed by atoms with van der Waals surface area (Å²) in [4.78, 5) is 25.9. The predicted molar refractivity (Wildman–Crippen MR) is 65.9 cm³/mol. The second-order valence-electron chi connectivity index (χ2n) is 4.09. The van der Waals surface area contributed by atoms with E-state index in [4.69, 9.17) is 5.11 Å². The van der Waals surface area contributed by atoms with E-state index in [2.05, 4.69) is 15.6 Å². The normalized spacial score (nSPS) is 11.6. The summed E-state index contributed by atoms with van der Waals surface area (Å²) < 4.78 is 0. The lowest BCUT2D eigenvalue weighted by Gasteiger charge is -2.11. The molecule has 0 radical (unpaired) electrons. The number of hydrogen-bond acceptors (Lipinski definition) is 3. The summed E-state index contributed by atoms with van der Waals surface area (Å²) in [7, 11) is 0. The molecule has 0 aliphatic carbocycles. The van der Waals surface area contributed by atoms with Crippen molar-refractivity contribution in [3.63, 3.8) is 0 Å². The van der Waals surface area contributed by atoms with Crippen LogP contribution in [-0.4, -0.2) is 28.6 Å². The second-order valence-corrected chi connectivity index (χ2v) is 4.09. The van der Waals surface area contributed by atoms with Gasteiger partial charge in [0.2, 0.25) is 0 Å². The van der Waals surface area contributed by atoms with Crippen LogP contribution in [0.5, 0.6) is 0 Å². The Morgan fingerprint density at radius 1 is 1.39 bits per heavy atom. The third kappa shape index (κ3) is 5.83. The molecule has 1 aromatic rings. The summed E-state index contributed by atoms with van der Waals surface area (Å²) in [5, 5.41) is 13.8. The van der Waals surface area contributed by atoms with Crippen LogP contribution >= 0.6 is 0 Å². The van der Waals surface area contributed by atoms with Crippen LogP contribution in [0.15, 0.2) is 24.4 Å². The van der Waals surface area contributed by atoms with Crippen LogP contribution in [0, 0.1) is 5.92 Å². The van der Waals surface area contributed by atoms with Gasteiger partial charge in [0.1, 0.15) is 0 Å². The number of nitrogens with one attached hydrogen (secondary N) is 2. The Labute approximate surface area is 105 Å². The molecule has 0 aliphatic heterocycles. The highest BCUT2D eigenvalue weighted by Gasteiger charge is 2.09. The third-order valence-corrected chi connectivity index (χ3v) is 2.29. The fraction of sp³-hybridized carbons (Fsp3) is 0.417. The summed E-state index contributed by atoms with van der Waals surface area (Å²) in [6.45, 7) is 2.45. The summed E-state index contributed by atoms with van der Waals surface area (Å²) in [5.41, 5.74) is 0.770. The molecule has 1 heterocycles. The van der Waals surface area contributed by atoms with Crippen molar-refractivity contribution in [1.29, 1.82) is 0 Å². The fourth-order valence-corrected chi connectivity index (χ4v) is 1.37. The van der Waals surface area contributed by atoms with Gasteiger partial charge in [-0.15, -0.1) is 0 Å². The number of rotatable bonds is 6. The van der Waals surface area contributed by atoms with Gasteiger partial charge in [-0.3, -0.25) is 9.78 Å².